The molecule has 2 aromatic carbocycles. The van der Waals surface area contributed by atoms with Crippen LogP contribution in [0.15, 0.2) is 36.4 Å². The van der Waals surface area contributed by atoms with Crippen LogP contribution in [0.25, 0.3) is 10.8 Å². The Kier molecular flexibility index (Phi) is 5.59. The van der Waals surface area contributed by atoms with Crippen LogP contribution in [0.5, 0.6) is 5.75 Å². The van der Waals surface area contributed by atoms with E-state index in [9.17, 15) is 14.4 Å². The Morgan fingerprint density at radius 1 is 0.963 bits per heavy atom. The van der Waals surface area contributed by atoms with Gasteiger partial charge in [0.2, 0.25) is 5.91 Å². The molecule has 1 saturated heterocycles. The number of nitrogens with zero attached hydrogens (tertiary/aromatic N) is 2. The standard InChI is InChI=1S/C20H22N2O5/c1-14(23)21-7-9-22(10-8-21)19(24)13-27-20(25)17-11-15-5-3-4-6-16(15)12-18(17)26-2/h3-6,11-12H,7-10,13H2,1-2H3. The summed E-state index contributed by atoms with van der Waals surface area (Å²) in [6.45, 7) is 3.04. The number of methoxy groups -OCH3 is 1. The van der Waals surface area contributed by atoms with Gasteiger partial charge in [0.25, 0.3) is 5.91 Å². The summed E-state index contributed by atoms with van der Waals surface area (Å²) in [6.07, 6.45) is 0. The van der Waals surface area contributed by atoms with Crippen molar-refractivity contribution < 1.29 is 23.9 Å². The average Bonchev–Trinajstić information content (AvgIpc) is 2.70. The maximum atomic E-state index is 12.5. The van der Waals surface area contributed by atoms with Crippen molar-refractivity contribution in [1.82, 2.24) is 9.80 Å². The van der Waals surface area contributed by atoms with E-state index in [0.29, 0.717) is 31.9 Å². The number of amides is 2. The van der Waals surface area contributed by atoms with Gasteiger partial charge in [-0.25, -0.2) is 4.79 Å². The number of fused-ring (bicyclic) bond motifs is 1. The first-order valence-corrected chi connectivity index (χ1v) is 8.77. The van der Waals surface area contributed by atoms with E-state index in [1.54, 1.807) is 21.9 Å². The molecule has 3 rings (SSSR count). The normalized spacial score (nSPS) is 14.1. The highest BCUT2D eigenvalue weighted by molar-refractivity contribution is 5.99. The summed E-state index contributed by atoms with van der Waals surface area (Å²) in [5.41, 5.74) is 0.283. The predicted molar refractivity (Wildman–Crippen MR) is 99.6 cm³/mol. The number of ether oxygens (including phenoxy) is 2. The maximum Gasteiger partial charge on any atom is 0.342 e. The molecule has 2 aromatic rings. The van der Waals surface area contributed by atoms with E-state index in [1.807, 2.05) is 24.3 Å². The highest BCUT2D eigenvalue weighted by atomic mass is 16.5. The van der Waals surface area contributed by atoms with Crippen molar-refractivity contribution in [1.29, 1.82) is 0 Å². The molecule has 0 spiro atoms. The molecular formula is C20H22N2O5. The molecule has 142 valence electrons. The second-order valence-corrected chi connectivity index (χ2v) is 6.36. The lowest BCUT2D eigenvalue weighted by Gasteiger charge is -2.34. The zero-order valence-corrected chi connectivity index (χ0v) is 15.4. The van der Waals surface area contributed by atoms with E-state index in [0.717, 1.165) is 10.8 Å². The SMILES string of the molecule is COc1cc2ccccc2cc1C(=O)OCC(=O)N1CCN(C(C)=O)CC1. The zero-order chi connectivity index (χ0) is 19.4. The predicted octanol–water partition coefficient (Wildman–Crippen LogP) is 1.70. The average molecular weight is 370 g/mol. The molecule has 27 heavy (non-hydrogen) atoms. The van der Waals surface area contributed by atoms with Crippen molar-refractivity contribution in [3.8, 4) is 5.75 Å². The molecule has 0 bridgehead atoms. The van der Waals surface area contributed by atoms with Crippen molar-refractivity contribution in [3.05, 3.63) is 42.0 Å². The lowest BCUT2D eigenvalue weighted by Crippen LogP contribution is -2.51. The maximum absolute atomic E-state index is 12.5. The number of carbonyl (C=O) groups is 3. The fourth-order valence-electron chi connectivity index (χ4n) is 3.11. The summed E-state index contributed by atoms with van der Waals surface area (Å²) < 4.78 is 10.5. The Morgan fingerprint density at radius 2 is 1.56 bits per heavy atom. The Labute approximate surface area is 157 Å². The first kappa shape index (κ1) is 18.7. The van der Waals surface area contributed by atoms with Gasteiger partial charge >= 0.3 is 5.97 Å². The number of carbonyl (C=O) groups excluding carboxylic acids is 3. The van der Waals surface area contributed by atoms with E-state index >= 15 is 0 Å². The lowest BCUT2D eigenvalue weighted by atomic mass is 10.1. The molecule has 2 amide bonds. The summed E-state index contributed by atoms with van der Waals surface area (Å²) in [5, 5.41) is 1.84. The molecule has 7 heteroatoms. The van der Waals surface area contributed by atoms with Gasteiger partial charge in [0, 0.05) is 33.1 Å². The van der Waals surface area contributed by atoms with E-state index in [1.165, 1.54) is 14.0 Å². The Balaban J connectivity index is 1.63. The third-order valence-corrected chi connectivity index (χ3v) is 4.69. The topological polar surface area (TPSA) is 76.2 Å². The van der Waals surface area contributed by atoms with Crippen LogP contribution in [0.2, 0.25) is 0 Å². The number of hydrogen-bond acceptors (Lipinski definition) is 5. The van der Waals surface area contributed by atoms with Gasteiger partial charge < -0.3 is 19.3 Å². The second-order valence-electron chi connectivity index (χ2n) is 6.36. The fourth-order valence-corrected chi connectivity index (χ4v) is 3.11. The Morgan fingerprint density at radius 3 is 2.15 bits per heavy atom. The van der Waals surface area contributed by atoms with E-state index < -0.39 is 5.97 Å². The Bertz CT molecular complexity index is 872. The minimum Gasteiger partial charge on any atom is -0.496 e. The number of piperazine rings is 1. The largest absolute Gasteiger partial charge is 0.496 e. The van der Waals surface area contributed by atoms with Crippen LogP contribution in [0.4, 0.5) is 0 Å². The summed E-state index contributed by atoms with van der Waals surface area (Å²) in [6, 6.07) is 11.1. The first-order chi connectivity index (χ1) is 13.0. The molecule has 0 unspecified atom stereocenters. The smallest absolute Gasteiger partial charge is 0.342 e. The van der Waals surface area contributed by atoms with Gasteiger partial charge in [0.15, 0.2) is 6.61 Å². The van der Waals surface area contributed by atoms with Crippen molar-refractivity contribution in [2.45, 2.75) is 6.92 Å². The van der Waals surface area contributed by atoms with Gasteiger partial charge in [0.1, 0.15) is 11.3 Å². The van der Waals surface area contributed by atoms with Crippen molar-refractivity contribution >= 4 is 28.6 Å². The molecule has 0 atom stereocenters. The number of benzene rings is 2. The van der Waals surface area contributed by atoms with Crippen LogP contribution in [0.3, 0.4) is 0 Å². The third kappa shape index (κ3) is 4.19. The van der Waals surface area contributed by atoms with Gasteiger partial charge in [-0.1, -0.05) is 24.3 Å². The van der Waals surface area contributed by atoms with Gasteiger partial charge in [-0.3, -0.25) is 9.59 Å². The highest BCUT2D eigenvalue weighted by Crippen LogP contribution is 2.26. The third-order valence-electron chi connectivity index (χ3n) is 4.69. The zero-order valence-electron chi connectivity index (χ0n) is 15.4. The van der Waals surface area contributed by atoms with Crippen LogP contribution in [0.1, 0.15) is 17.3 Å². The minimum absolute atomic E-state index is 0.00285. The van der Waals surface area contributed by atoms with Crippen molar-refractivity contribution in [2.75, 3.05) is 39.9 Å². The molecule has 1 aliphatic rings. The van der Waals surface area contributed by atoms with Crippen LogP contribution < -0.4 is 4.74 Å². The molecule has 1 aliphatic heterocycles. The van der Waals surface area contributed by atoms with E-state index in [2.05, 4.69) is 0 Å². The molecule has 1 heterocycles. The molecular weight excluding hydrogens is 348 g/mol. The first-order valence-electron chi connectivity index (χ1n) is 8.77. The van der Waals surface area contributed by atoms with Gasteiger partial charge in [-0.2, -0.15) is 0 Å². The molecule has 0 N–H and O–H groups in total. The highest BCUT2D eigenvalue weighted by Gasteiger charge is 2.24. The monoisotopic (exact) mass is 370 g/mol. The van der Waals surface area contributed by atoms with E-state index in [4.69, 9.17) is 9.47 Å². The number of hydrogen-bond donors (Lipinski definition) is 0. The molecule has 7 nitrogen and oxygen atoms in total. The minimum atomic E-state index is -0.603. The summed E-state index contributed by atoms with van der Waals surface area (Å²) in [7, 11) is 1.49. The molecule has 0 radical (unpaired) electrons. The van der Waals surface area contributed by atoms with Crippen molar-refractivity contribution in [3.63, 3.8) is 0 Å². The fraction of sp³-hybridized carbons (Fsp3) is 0.350. The number of rotatable bonds is 4. The van der Waals surface area contributed by atoms with Gasteiger partial charge in [-0.15, -0.1) is 0 Å². The van der Waals surface area contributed by atoms with Crippen molar-refractivity contribution in [2.24, 2.45) is 0 Å². The quantitative estimate of drug-likeness (QED) is 0.766. The summed E-state index contributed by atoms with van der Waals surface area (Å²) >= 11 is 0. The van der Waals surface area contributed by atoms with Crippen LogP contribution >= 0.6 is 0 Å². The lowest BCUT2D eigenvalue weighted by molar-refractivity contribution is -0.140. The van der Waals surface area contributed by atoms with Gasteiger partial charge in [-0.05, 0) is 22.9 Å². The number of esters is 1. The summed E-state index contributed by atoms with van der Waals surface area (Å²) in [4.78, 5) is 39.4. The van der Waals surface area contributed by atoms with Crippen LogP contribution in [-0.4, -0.2) is 67.5 Å². The molecule has 0 saturated carbocycles. The molecule has 0 aliphatic carbocycles. The van der Waals surface area contributed by atoms with E-state index in [-0.39, 0.29) is 24.0 Å². The molecule has 0 aromatic heterocycles. The van der Waals surface area contributed by atoms with Gasteiger partial charge in [0.05, 0.1) is 7.11 Å². The second kappa shape index (κ2) is 8.07. The Hall–Kier alpha value is -3.09. The van der Waals surface area contributed by atoms with Crippen LogP contribution in [0, 0.1) is 0 Å². The molecule has 1 fully saturated rings. The summed E-state index contributed by atoms with van der Waals surface area (Å²) in [5.74, 6) is -0.474. The van der Waals surface area contributed by atoms with Crippen LogP contribution in [-0.2, 0) is 14.3 Å².